The summed E-state index contributed by atoms with van der Waals surface area (Å²) in [5.74, 6) is 0.161. The number of piperidine rings is 1. The van der Waals surface area contributed by atoms with Crippen molar-refractivity contribution in [3.05, 3.63) is 0 Å². The van der Waals surface area contributed by atoms with E-state index in [1.54, 1.807) is 16.8 Å². The maximum Gasteiger partial charge on any atom is 0.410 e. The first-order valence-corrected chi connectivity index (χ1v) is 8.24. The highest BCUT2D eigenvalue weighted by molar-refractivity contribution is 5.69. The van der Waals surface area contributed by atoms with Crippen LogP contribution in [0.2, 0.25) is 0 Å². The molecule has 1 heterocycles. The van der Waals surface area contributed by atoms with Gasteiger partial charge in [-0.1, -0.05) is 6.92 Å². The highest BCUT2D eigenvalue weighted by Crippen LogP contribution is 2.24. The highest BCUT2D eigenvalue weighted by atomic mass is 16.6. The van der Waals surface area contributed by atoms with E-state index in [4.69, 9.17) is 9.47 Å². The molecule has 0 N–H and O–H groups in total. The first kappa shape index (κ1) is 19.6. The van der Waals surface area contributed by atoms with Gasteiger partial charge in [-0.25, -0.2) is 9.59 Å². The number of likely N-dealkylation sites (tertiary alicyclic amines) is 1. The molecule has 0 bridgehead atoms. The van der Waals surface area contributed by atoms with Gasteiger partial charge in [0, 0.05) is 26.2 Å². The average Bonchev–Trinajstić information content (AvgIpc) is 2.33. The van der Waals surface area contributed by atoms with Crippen LogP contribution in [0.3, 0.4) is 0 Å². The van der Waals surface area contributed by atoms with Crippen molar-refractivity contribution in [2.45, 2.75) is 72.1 Å². The van der Waals surface area contributed by atoms with Gasteiger partial charge in [0.25, 0.3) is 0 Å². The van der Waals surface area contributed by atoms with Gasteiger partial charge in [-0.05, 0) is 53.9 Å². The lowest BCUT2D eigenvalue weighted by molar-refractivity contribution is -0.00529. The second kappa shape index (κ2) is 6.97. The summed E-state index contributed by atoms with van der Waals surface area (Å²) in [4.78, 5) is 27.7. The Hall–Kier alpha value is -1.46. The summed E-state index contributed by atoms with van der Waals surface area (Å²) >= 11 is 0. The Morgan fingerprint density at radius 2 is 1.57 bits per heavy atom. The predicted molar refractivity (Wildman–Crippen MR) is 89.4 cm³/mol. The first-order chi connectivity index (χ1) is 10.3. The zero-order valence-electron chi connectivity index (χ0n) is 15.8. The third kappa shape index (κ3) is 6.28. The molecule has 1 aliphatic heterocycles. The summed E-state index contributed by atoms with van der Waals surface area (Å²) in [6.45, 7) is 14.3. The van der Waals surface area contributed by atoms with Gasteiger partial charge in [-0.3, -0.25) is 0 Å². The molecule has 0 aromatic rings. The second-order valence-corrected chi connectivity index (χ2v) is 8.35. The molecule has 23 heavy (non-hydrogen) atoms. The third-order valence-electron chi connectivity index (χ3n) is 3.69. The van der Waals surface area contributed by atoms with E-state index in [0.29, 0.717) is 13.1 Å². The number of carbonyl (C=O) groups excluding carboxylic acids is 2. The van der Waals surface area contributed by atoms with Crippen molar-refractivity contribution in [3.8, 4) is 0 Å². The maximum atomic E-state index is 12.2. The highest BCUT2D eigenvalue weighted by Gasteiger charge is 2.35. The maximum absolute atomic E-state index is 12.2. The molecule has 6 heteroatoms. The lowest BCUT2D eigenvalue weighted by Gasteiger charge is -2.41. The lowest BCUT2D eigenvalue weighted by atomic mass is 9.93. The minimum atomic E-state index is -0.508. The van der Waals surface area contributed by atoms with Gasteiger partial charge in [0.1, 0.15) is 11.2 Å². The van der Waals surface area contributed by atoms with Gasteiger partial charge in [0.05, 0.1) is 0 Å². The Kier molecular flexibility index (Phi) is 5.94. The third-order valence-corrected chi connectivity index (χ3v) is 3.69. The smallest absolute Gasteiger partial charge is 0.410 e. The number of hydrogen-bond donors (Lipinski definition) is 0. The molecule has 0 aliphatic carbocycles. The van der Waals surface area contributed by atoms with Crippen LogP contribution in [0.1, 0.15) is 54.9 Å². The Morgan fingerprint density at radius 1 is 1.04 bits per heavy atom. The van der Waals surface area contributed by atoms with E-state index in [-0.39, 0.29) is 24.1 Å². The Balaban J connectivity index is 2.62. The molecule has 1 fully saturated rings. The summed E-state index contributed by atoms with van der Waals surface area (Å²) in [5, 5.41) is 0. The lowest BCUT2D eigenvalue weighted by Crippen LogP contribution is -2.53. The largest absolute Gasteiger partial charge is 0.444 e. The van der Waals surface area contributed by atoms with Crippen molar-refractivity contribution in [1.82, 2.24) is 9.80 Å². The van der Waals surface area contributed by atoms with E-state index >= 15 is 0 Å². The quantitative estimate of drug-likeness (QED) is 0.739. The van der Waals surface area contributed by atoms with Crippen molar-refractivity contribution in [2.24, 2.45) is 5.92 Å². The molecule has 0 spiro atoms. The summed E-state index contributed by atoms with van der Waals surface area (Å²) in [7, 11) is 1.76. The zero-order valence-corrected chi connectivity index (χ0v) is 15.8. The van der Waals surface area contributed by atoms with E-state index in [0.717, 1.165) is 6.42 Å². The van der Waals surface area contributed by atoms with Crippen molar-refractivity contribution in [3.63, 3.8) is 0 Å². The molecule has 2 unspecified atom stereocenters. The van der Waals surface area contributed by atoms with Crippen molar-refractivity contribution in [1.29, 1.82) is 0 Å². The van der Waals surface area contributed by atoms with Crippen LogP contribution in [0.15, 0.2) is 0 Å². The van der Waals surface area contributed by atoms with Crippen LogP contribution in [0.4, 0.5) is 9.59 Å². The van der Waals surface area contributed by atoms with Gasteiger partial charge < -0.3 is 19.3 Å². The van der Waals surface area contributed by atoms with Crippen molar-refractivity contribution in [2.75, 3.05) is 20.1 Å². The zero-order chi connectivity index (χ0) is 18.0. The van der Waals surface area contributed by atoms with E-state index in [2.05, 4.69) is 0 Å². The first-order valence-electron chi connectivity index (χ1n) is 8.24. The summed E-state index contributed by atoms with van der Waals surface area (Å²) in [6, 6.07) is 0.0588. The molecule has 2 atom stereocenters. The van der Waals surface area contributed by atoms with Gasteiger partial charge in [-0.2, -0.15) is 0 Å². The van der Waals surface area contributed by atoms with Crippen LogP contribution < -0.4 is 0 Å². The molecule has 6 nitrogen and oxygen atoms in total. The molecule has 1 aliphatic rings. The van der Waals surface area contributed by atoms with Crippen LogP contribution in [0, 0.1) is 5.92 Å². The molecule has 1 rings (SSSR count). The number of hydrogen-bond acceptors (Lipinski definition) is 4. The summed E-state index contributed by atoms with van der Waals surface area (Å²) in [6.07, 6.45) is 0.110. The fourth-order valence-corrected chi connectivity index (χ4v) is 2.67. The van der Waals surface area contributed by atoms with Gasteiger partial charge in [0.15, 0.2) is 0 Å². The van der Waals surface area contributed by atoms with Crippen LogP contribution in [-0.4, -0.2) is 59.4 Å². The summed E-state index contributed by atoms with van der Waals surface area (Å²) in [5.41, 5.74) is -1.00. The molecule has 0 aromatic heterocycles. The SMILES string of the molecule is CC1CN(C(=O)OC(C)(C)C)CCC1N(C)C(=O)OC(C)(C)C. The van der Waals surface area contributed by atoms with Crippen molar-refractivity contribution < 1.29 is 19.1 Å². The second-order valence-electron chi connectivity index (χ2n) is 8.35. The van der Waals surface area contributed by atoms with Crippen molar-refractivity contribution >= 4 is 12.2 Å². The normalized spacial score (nSPS) is 22.5. The average molecular weight is 328 g/mol. The molecular formula is C17H32N2O4. The standard InChI is InChI=1S/C17H32N2O4/c1-12-11-19(15(21)23-17(5,6)7)10-9-13(12)18(8)14(20)22-16(2,3)4/h12-13H,9-11H2,1-8H3. The van der Waals surface area contributed by atoms with Crippen LogP contribution in [0.25, 0.3) is 0 Å². The monoisotopic (exact) mass is 328 g/mol. The van der Waals surface area contributed by atoms with Crippen LogP contribution in [-0.2, 0) is 9.47 Å². The Bertz CT molecular complexity index is 437. The Morgan fingerprint density at radius 3 is 2.00 bits per heavy atom. The van der Waals surface area contributed by atoms with Crippen LogP contribution >= 0.6 is 0 Å². The number of nitrogens with zero attached hydrogens (tertiary/aromatic N) is 2. The van der Waals surface area contributed by atoms with E-state index in [9.17, 15) is 9.59 Å². The molecule has 0 saturated carbocycles. The van der Waals surface area contributed by atoms with E-state index in [1.165, 1.54) is 0 Å². The number of amides is 2. The predicted octanol–water partition coefficient (Wildman–Crippen LogP) is 3.50. The Labute approximate surface area is 140 Å². The molecule has 1 saturated heterocycles. The fourth-order valence-electron chi connectivity index (χ4n) is 2.67. The van der Waals surface area contributed by atoms with E-state index < -0.39 is 11.2 Å². The van der Waals surface area contributed by atoms with E-state index in [1.807, 2.05) is 48.5 Å². The fraction of sp³-hybridized carbons (Fsp3) is 0.882. The number of ether oxygens (including phenoxy) is 2. The van der Waals surface area contributed by atoms with Gasteiger partial charge in [-0.15, -0.1) is 0 Å². The topological polar surface area (TPSA) is 59.1 Å². The van der Waals surface area contributed by atoms with Gasteiger partial charge in [0.2, 0.25) is 0 Å². The molecule has 2 amide bonds. The molecular weight excluding hydrogens is 296 g/mol. The summed E-state index contributed by atoms with van der Waals surface area (Å²) < 4.78 is 10.8. The minimum Gasteiger partial charge on any atom is -0.444 e. The number of rotatable bonds is 1. The molecule has 0 radical (unpaired) electrons. The minimum absolute atomic E-state index is 0.0588. The molecule has 0 aromatic carbocycles. The van der Waals surface area contributed by atoms with Crippen LogP contribution in [0.5, 0.6) is 0 Å². The molecule has 134 valence electrons. The van der Waals surface area contributed by atoms with Gasteiger partial charge >= 0.3 is 12.2 Å². The number of carbonyl (C=O) groups is 2.